The highest BCUT2D eigenvalue weighted by Gasteiger charge is 2.43. The summed E-state index contributed by atoms with van der Waals surface area (Å²) in [5, 5.41) is 2.57. The smallest absolute Gasteiger partial charge is 0.0544 e. The van der Waals surface area contributed by atoms with Gasteiger partial charge < -0.3 is 9.47 Å². The summed E-state index contributed by atoms with van der Waals surface area (Å²) in [6.45, 7) is 14.5. The van der Waals surface area contributed by atoms with Crippen LogP contribution >= 0.6 is 0 Å². The van der Waals surface area contributed by atoms with E-state index in [0.29, 0.717) is 0 Å². The summed E-state index contributed by atoms with van der Waals surface area (Å²) in [4.78, 5) is 2.53. The molecule has 0 spiro atoms. The number of fused-ring (bicyclic) bond motifs is 10. The van der Waals surface area contributed by atoms with Crippen LogP contribution in [0.15, 0.2) is 163 Å². The summed E-state index contributed by atoms with van der Waals surface area (Å²) in [5.41, 5.74) is 23.7. The third-order valence-corrected chi connectivity index (χ3v) is 14.7. The first-order valence-corrected chi connectivity index (χ1v) is 21.4. The largest absolute Gasteiger partial charge is 0.310 e. The fourth-order valence-corrected chi connectivity index (χ4v) is 11.5. The summed E-state index contributed by atoms with van der Waals surface area (Å²) in [6, 6.07) is 55.3. The van der Waals surface area contributed by atoms with Gasteiger partial charge in [0.15, 0.2) is 0 Å². The van der Waals surface area contributed by atoms with Gasteiger partial charge in [-0.3, -0.25) is 0 Å². The van der Waals surface area contributed by atoms with Gasteiger partial charge in [0.25, 0.3) is 0 Å². The average molecular weight is 761 g/mol. The minimum absolute atomic E-state index is 0.00301. The molecule has 0 atom stereocenters. The van der Waals surface area contributed by atoms with E-state index in [4.69, 9.17) is 0 Å². The summed E-state index contributed by atoms with van der Waals surface area (Å²) in [6.07, 6.45) is 7.02. The van der Waals surface area contributed by atoms with E-state index in [1.54, 1.807) is 5.57 Å². The Morgan fingerprint density at radius 2 is 1.08 bits per heavy atom. The number of benzene rings is 7. The molecule has 0 N–H and O–H groups in total. The Kier molecular flexibility index (Phi) is 6.96. The molecule has 0 bridgehead atoms. The first kappa shape index (κ1) is 34.6. The zero-order chi connectivity index (χ0) is 40.0. The van der Waals surface area contributed by atoms with Crippen molar-refractivity contribution in [3.8, 4) is 27.9 Å². The van der Waals surface area contributed by atoms with Gasteiger partial charge in [-0.05, 0) is 147 Å². The molecule has 0 amide bonds. The molecule has 286 valence electrons. The molecule has 2 nitrogen and oxygen atoms in total. The Morgan fingerprint density at radius 1 is 0.441 bits per heavy atom. The van der Waals surface area contributed by atoms with Crippen molar-refractivity contribution in [3.63, 3.8) is 0 Å². The highest BCUT2D eigenvalue weighted by atomic mass is 15.2. The Hall–Kier alpha value is -6.38. The van der Waals surface area contributed by atoms with Gasteiger partial charge in [-0.1, -0.05) is 132 Å². The molecule has 7 aromatic carbocycles. The molecule has 0 saturated heterocycles. The van der Waals surface area contributed by atoms with E-state index in [9.17, 15) is 0 Å². The Labute approximate surface area is 347 Å². The van der Waals surface area contributed by atoms with Gasteiger partial charge in [0.05, 0.1) is 22.4 Å². The number of aromatic nitrogens is 1. The van der Waals surface area contributed by atoms with Gasteiger partial charge in [-0.2, -0.15) is 0 Å². The minimum Gasteiger partial charge on any atom is -0.310 e. The molecule has 2 heterocycles. The molecule has 4 aliphatic rings. The van der Waals surface area contributed by atoms with Crippen molar-refractivity contribution >= 4 is 44.4 Å². The van der Waals surface area contributed by atoms with Crippen molar-refractivity contribution in [1.29, 1.82) is 0 Å². The summed E-state index contributed by atoms with van der Waals surface area (Å²) < 4.78 is 2.47. The first-order chi connectivity index (χ1) is 28.5. The van der Waals surface area contributed by atoms with Crippen molar-refractivity contribution in [2.24, 2.45) is 0 Å². The van der Waals surface area contributed by atoms with E-state index in [0.717, 1.165) is 12.8 Å². The van der Waals surface area contributed by atoms with E-state index in [2.05, 4.69) is 209 Å². The molecule has 0 unspecified atom stereocenters. The second-order valence-electron chi connectivity index (χ2n) is 18.9. The SMILES string of the molecule is CC1(C)C2=C(C=CCC2)c2cc3c(cc21)N(c1ccccc1)c1ccc(-c2ccc4c(c2)c2cc5c(cc2n4-c2ccccc2)C(C)(C)c2ccccc2-5)cc1C3(C)C. The number of rotatable bonds is 3. The minimum atomic E-state index is -0.235. The van der Waals surface area contributed by atoms with Crippen LogP contribution < -0.4 is 4.90 Å². The molecule has 59 heavy (non-hydrogen) atoms. The van der Waals surface area contributed by atoms with Crippen LogP contribution in [-0.2, 0) is 16.2 Å². The molecule has 1 aromatic heterocycles. The van der Waals surface area contributed by atoms with Crippen LogP contribution in [0.3, 0.4) is 0 Å². The highest BCUT2D eigenvalue weighted by molar-refractivity contribution is 6.13. The summed E-state index contributed by atoms with van der Waals surface area (Å²) in [5.74, 6) is 0. The molecule has 0 radical (unpaired) electrons. The van der Waals surface area contributed by atoms with Crippen LogP contribution in [0, 0.1) is 0 Å². The van der Waals surface area contributed by atoms with Crippen molar-refractivity contribution in [2.45, 2.75) is 70.6 Å². The van der Waals surface area contributed by atoms with E-state index in [1.165, 1.54) is 106 Å². The molecule has 0 saturated carbocycles. The fourth-order valence-electron chi connectivity index (χ4n) is 11.5. The molecule has 1 aliphatic heterocycles. The summed E-state index contributed by atoms with van der Waals surface area (Å²) in [7, 11) is 0. The third kappa shape index (κ3) is 4.63. The topological polar surface area (TPSA) is 8.17 Å². The maximum Gasteiger partial charge on any atom is 0.0544 e. The molecule has 2 heteroatoms. The van der Waals surface area contributed by atoms with E-state index in [1.807, 2.05) is 0 Å². The predicted octanol–water partition coefficient (Wildman–Crippen LogP) is 15.3. The third-order valence-electron chi connectivity index (χ3n) is 14.7. The molecular weight excluding hydrogens is 713 g/mol. The number of allylic oxidation sites excluding steroid dienone is 4. The molecule has 3 aliphatic carbocycles. The quantitative estimate of drug-likeness (QED) is 0.174. The van der Waals surface area contributed by atoms with Gasteiger partial charge >= 0.3 is 0 Å². The van der Waals surface area contributed by atoms with E-state index in [-0.39, 0.29) is 16.2 Å². The Morgan fingerprint density at radius 3 is 1.88 bits per heavy atom. The van der Waals surface area contributed by atoms with Crippen LogP contribution in [-0.4, -0.2) is 4.57 Å². The number of anilines is 3. The lowest BCUT2D eigenvalue weighted by Gasteiger charge is -2.43. The second-order valence-corrected chi connectivity index (χ2v) is 18.9. The lowest BCUT2D eigenvalue weighted by molar-refractivity contribution is 0.602. The zero-order valence-electron chi connectivity index (χ0n) is 34.8. The van der Waals surface area contributed by atoms with Crippen molar-refractivity contribution < 1.29 is 0 Å². The Bertz CT molecular complexity index is 3170. The number of hydrogen-bond donors (Lipinski definition) is 0. The van der Waals surface area contributed by atoms with Crippen molar-refractivity contribution in [3.05, 3.63) is 197 Å². The van der Waals surface area contributed by atoms with E-state index >= 15 is 0 Å². The number of hydrogen-bond acceptors (Lipinski definition) is 1. The maximum absolute atomic E-state index is 2.55. The standard InChI is InChI=1S/C57H48N2/c1-55(2)45-23-15-13-21-39(45)41-31-44-43-29-35(25-27-51(43)58(53(44)33-47(41)55)37-17-9-7-10-18-37)36-26-28-52-49(30-36)57(5,6)50-32-42-40-22-14-16-24-46(40)56(3,4)48(42)34-54(50)59(52)38-19-11-8-12-20-38/h7-15,17-23,25-34H,16,24H2,1-6H3. The highest BCUT2D eigenvalue weighted by Crippen LogP contribution is 2.58. The lowest BCUT2D eigenvalue weighted by atomic mass is 9.71. The van der Waals surface area contributed by atoms with Gasteiger partial charge in [0.1, 0.15) is 0 Å². The molecule has 0 fully saturated rings. The van der Waals surface area contributed by atoms with Gasteiger partial charge in [-0.25, -0.2) is 0 Å². The predicted molar refractivity (Wildman–Crippen MR) is 249 cm³/mol. The fraction of sp³-hybridized carbons (Fsp3) is 0.193. The van der Waals surface area contributed by atoms with Crippen LogP contribution in [0.1, 0.15) is 87.8 Å². The second kappa shape index (κ2) is 11.9. The van der Waals surface area contributed by atoms with Gasteiger partial charge in [0.2, 0.25) is 0 Å². The monoisotopic (exact) mass is 760 g/mol. The zero-order valence-corrected chi connectivity index (χ0v) is 34.8. The Balaban J connectivity index is 1.07. The van der Waals surface area contributed by atoms with Crippen LogP contribution in [0.4, 0.5) is 17.1 Å². The molecular formula is C57H48N2. The van der Waals surface area contributed by atoms with Gasteiger partial charge in [0, 0.05) is 38.4 Å². The van der Waals surface area contributed by atoms with Crippen LogP contribution in [0.2, 0.25) is 0 Å². The molecule has 12 rings (SSSR count). The average Bonchev–Trinajstić information content (AvgIpc) is 3.79. The van der Waals surface area contributed by atoms with Crippen molar-refractivity contribution in [2.75, 3.05) is 4.90 Å². The van der Waals surface area contributed by atoms with E-state index < -0.39 is 0 Å². The normalized spacial score (nSPS) is 17.4. The number of nitrogens with zero attached hydrogens (tertiary/aromatic N) is 2. The van der Waals surface area contributed by atoms with Crippen molar-refractivity contribution in [1.82, 2.24) is 4.57 Å². The maximum atomic E-state index is 2.55. The number of para-hydroxylation sites is 2. The first-order valence-electron chi connectivity index (χ1n) is 21.4. The van der Waals surface area contributed by atoms with Crippen LogP contribution in [0.5, 0.6) is 0 Å². The summed E-state index contributed by atoms with van der Waals surface area (Å²) >= 11 is 0. The molecule has 8 aromatic rings. The lowest BCUT2D eigenvalue weighted by Crippen LogP contribution is -2.31. The van der Waals surface area contributed by atoms with Gasteiger partial charge in [-0.15, -0.1) is 0 Å². The van der Waals surface area contributed by atoms with Crippen LogP contribution in [0.25, 0.3) is 55.3 Å².